The molecule has 1 radical (unpaired) electrons. The molecule has 2 aromatic rings. The van der Waals surface area contributed by atoms with Gasteiger partial charge in [-0.3, -0.25) is 0 Å². The summed E-state index contributed by atoms with van der Waals surface area (Å²) in [4.78, 5) is 0. The van der Waals surface area contributed by atoms with Crippen LogP contribution in [0, 0.1) is 6.07 Å². The van der Waals surface area contributed by atoms with Crippen molar-refractivity contribution in [3.05, 3.63) is 24.3 Å². The van der Waals surface area contributed by atoms with Crippen molar-refractivity contribution in [2.45, 2.75) is 0 Å². The van der Waals surface area contributed by atoms with E-state index in [1.54, 1.807) is 6.07 Å². The molecule has 0 atom stereocenters. The lowest BCUT2D eigenvalue weighted by molar-refractivity contribution is 0.460. The van der Waals surface area contributed by atoms with Crippen LogP contribution in [-0.2, 0) is 0 Å². The van der Waals surface area contributed by atoms with Crippen LogP contribution < -0.4 is 5.73 Å². The first-order valence-corrected chi connectivity index (χ1v) is 2.89. The molecule has 0 unspecified atom stereocenters. The fraction of sp³-hybridized carbons (Fsp3) is 0. The SMILES string of the molecule is Nc1noc2[c]cccc12. The third kappa shape index (κ3) is 0.572. The Balaban J connectivity index is 2.93. The Morgan fingerprint density at radius 1 is 1.60 bits per heavy atom. The molecule has 3 nitrogen and oxygen atoms in total. The lowest BCUT2D eigenvalue weighted by Gasteiger charge is -1.81. The minimum Gasteiger partial charge on any atom is -0.380 e. The Kier molecular flexibility index (Phi) is 0.917. The first-order chi connectivity index (χ1) is 4.88. The third-order valence-electron chi connectivity index (χ3n) is 1.33. The van der Waals surface area contributed by atoms with Crippen molar-refractivity contribution in [2.75, 3.05) is 5.73 Å². The van der Waals surface area contributed by atoms with Crippen molar-refractivity contribution in [3.8, 4) is 0 Å². The molecule has 1 aromatic carbocycles. The van der Waals surface area contributed by atoms with Crippen molar-refractivity contribution in [3.63, 3.8) is 0 Å². The highest BCUT2D eigenvalue weighted by atomic mass is 16.5. The van der Waals surface area contributed by atoms with Crippen LogP contribution >= 0.6 is 0 Å². The van der Waals surface area contributed by atoms with Crippen molar-refractivity contribution in [2.24, 2.45) is 0 Å². The Hall–Kier alpha value is -1.51. The van der Waals surface area contributed by atoms with Crippen molar-refractivity contribution < 1.29 is 4.52 Å². The molecule has 0 aliphatic carbocycles. The maximum Gasteiger partial charge on any atom is 0.177 e. The van der Waals surface area contributed by atoms with Gasteiger partial charge in [0, 0.05) is 6.07 Å². The number of para-hydroxylation sites is 1. The largest absolute Gasteiger partial charge is 0.380 e. The first kappa shape index (κ1) is 5.29. The van der Waals surface area contributed by atoms with Gasteiger partial charge in [-0.25, -0.2) is 0 Å². The van der Waals surface area contributed by atoms with Gasteiger partial charge in [-0.15, -0.1) is 0 Å². The van der Waals surface area contributed by atoms with E-state index in [9.17, 15) is 0 Å². The Morgan fingerprint density at radius 3 is 3.30 bits per heavy atom. The molecule has 0 amide bonds. The highest BCUT2D eigenvalue weighted by molar-refractivity contribution is 5.86. The number of nitrogens with zero attached hydrogens (tertiary/aromatic N) is 1. The Labute approximate surface area is 57.4 Å². The smallest absolute Gasteiger partial charge is 0.177 e. The molecule has 0 saturated heterocycles. The average molecular weight is 133 g/mol. The summed E-state index contributed by atoms with van der Waals surface area (Å²) >= 11 is 0. The second-order valence-electron chi connectivity index (χ2n) is 1.98. The summed E-state index contributed by atoms with van der Waals surface area (Å²) in [7, 11) is 0. The number of hydrogen-bond donors (Lipinski definition) is 1. The fourth-order valence-corrected chi connectivity index (χ4v) is 0.843. The summed E-state index contributed by atoms with van der Waals surface area (Å²) < 4.78 is 4.82. The number of fused-ring (bicyclic) bond motifs is 1. The molecule has 2 rings (SSSR count). The van der Waals surface area contributed by atoms with E-state index < -0.39 is 0 Å². The number of aromatic nitrogens is 1. The van der Waals surface area contributed by atoms with E-state index in [2.05, 4.69) is 11.2 Å². The summed E-state index contributed by atoms with van der Waals surface area (Å²) in [6.45, 7) is 0. The van der Waals surface area contributed by atoms with E-state index in [0.717, 1.165) is 5.39 Å². The quantitative estimate of drug-likeness (QED) is 0.587. The van der Waals surface area contributed by atoms with Gasteiger partial charge < -0.3 is 10.3 Å². The number of nitrogens with two attached hydrogens (primary N) is 1. The van der Waals surface area contributed by atoms with Crippen molar-refractivity contribution >= 4 is 16.8 Å². The van der Waals surface area contributed by atoms with Gasteiger partial charge in [-0.1, -0.05) is 17.3 Å². The molecule has 0 aliphatic heterocycles. The molecule has 0 spiro atoms. The average Bonchev–Trinajstić information content (AvgIpc) is 2.34. The topological polar surface area (TPSA) is 52.0 Å². The highest BCUT2D eigenvalue weighted by Gasteiger charge is 2.00. The minimum absolute atomic E-state index is 0.423. The number of rotatable bonds is 0. The zero-order valence-corrected chi connectivity index (χ0v) is 5.16. The second-order valence-corrected chi connectivity index (χ2v) is 1.98. The molecule has 49 valence electrons. The van der Waals surface area contributed by atoms with Gasteiger partial charge in [0.2, 0.25) is 0 Å². The van der Waals surface area contributed by atoms with Crippen LogP contribution in [0.4, 0.5) is 5.82 Å². The van der Waals surface area contributed by atoms with Crippen LogP contribution in [0.2, 0.25) is 0 Å². The molecule has 0 saturated carbocycles. The maximum atomic E-state index is 5.45. The second kappa shape index (κ2) is 1.73. The molecule has 0 aliphatic rings. The predicted molar refractivity (Wildman–Crippen MR) is 37.3 cm³/mol. The van der Waals surface area contributed by atoms with Gasteiger partial charge >= 0.3 is 0 Å². The first-order valence-electron chi connectivity index (χ1n) is 2.89. The van der Waals surface area contributed by atoms with Gasteiger partial charge in [-0.2, -0.15) is 0 Å². The number of benzene rings is 1. The summed E-state index contributed by atoms with van der Waals surface area (Å²) in [6, 6.07) is 8.31. The summed E-state index contributed by atoms with van der Waals surface area (Å²) in [6.07, 6.45) is 0. The minimum atomic E-state index is 0.423. The molecule has 0 fully saturated rings. The van der Waals surface area contributed by atoms with E-state index in [1.165, 1.54) is 0 Å². The van der Waals surface area contributed by atoms with E-state index in [-0.39, 0.29) is 0 Å². The standard InChI is InChI=1S/C7H5N2O/c8-7-5-3-1-2-4-6(5)10-9-7/h1-3H,(H2,8,9). The lowest BCUT2D eigenvalue weighted by atomic mass is 10.2. The van der Waals surface area contributed by atoms with Crippen molar-refractivity contribution in [1.29, 1.82) is 0 Å². The van der Waals surface area contributed by atoms with Gasteiger partial charge in [0.05, 0.1) is 5.39 Å². The van der Waals surface area contributed by atoms with Crippen molar-refractivity contribution in [1.82, 2.24) is 5.16 Å². The van der Waals surface area contributed by atoms with Gasteiger partial charge in [0.15, 0.2) is 11.4 Å². The molecular weight excluding hydrogens is 128 g/mol. The number of hydrogen-bond acceptors (Lipinski definition) is 3. The van der Waals surface area contributed by atoms with E-state index >= 15 is 0 Å². The maximum absolute atomic E-state index is 5.45. The van der Waals surface area contributed by atoms with Crippen LogP contribution in [0.5, 0.6) is 0 Å². The lowest BCUT2D eigenvalue weighted by Crippen LogP contribution is -1.82. The third-order valence-corrected chi connectivity index (χ3v) is 1.33. The van der Waals surface area contributed by atoms with Crippen LogP contribution in [0.3, 0.4) is 0 Å². The molecule has 0 bridgehead atoms. The zero-order chi connectivity index (χ0) is 6.97. The van der Waals surface area contributed by atoms with Crippen LogP contribution in [-0.4, -0.2) is 5.16 Å². The van der Waals surface area contributed by atoms with Crippen LogP contribution in [0.15, 0.2) is 22.7 Å². The molecule has 10 heavy (non-hydrogen) atoms. The normalized spacial score (nSPS) is 10.4. The van der Waals surface area contributed by atoms with Gasteiger partial charge in [-0.05, 0) is 6.07 Å². The Bertz CT molecular complexity index is 353. The summed E-state index contributed by atoms with van der Waals surface area (Å²) in [5.74, 6) is 0.423. The zero-order valence-electron chi connectivity index (χ0n) is 5.16. The monoisotopic (exact) mass is 133 g/mol. The molecule has 1 heterocycles. The van der Waals surface area contributed by atoms with Crippen LogP contribution in [0.25, 0.3) is 11.0 Å². The fourth-order valence-electron chi connectivity index (χ4n) is 0.843. The summed E-state index contributed by atoms with van der Waals surface area (Å²) in [5, 5.41) is 4.39. The van der Waals surface area contributed by atoms with E-state index in [0.29, 0.717) is 11.4 Å². The van der Waals surface area contributed by atoms with E-state index in [4.69, 9.17) is 10.3 Å². The number of nitrogen functional groups attached to an aromatic ring is 1. The van der Waals surface area contributed by atoms with Gasteiger partial charge in [0.1, 0.15) is 0 Å². The molecular formula is C7H5N2O. The van der Waals surface area contributed by atoms with E-state index in [1.807, 2.05) is 12.1 Å². The Morgan fingerprint density at radius 2 is 2.50 bits per heavy atom. The molecule has 1 aromatic heterocycles. The summed E-state index contributed by atoms with van der Waals surface area (Å²) in [5.41, 5.74) is 6.06. The highest BCUT2D eigenvalue weighted by Crippen LogP contribution is 2.17. The van der Waals surface area contributed by atoms with Gasteiger partial charge in [0.25, 0.3) is 0 Å². The molecule has 2 N–H and O–H groups in total. The number of anilines is 1. The predicted octanol–water partition coefficient (Wildman–Crippen LogP) is 1.21. The van der Waals surface area contributed by atoms with Crippen LogP contribution in [0.1, 0.15) is 0 Å². The molecule has 3 heteroatoms.